The van der Waals surface area contributed by atoms with Crippen molar-refractivity contribution in [2.45, 2.75) is 32.2 Å². The van der Waals surface area contributed by atoms with Gasteiger partial charge in [-0.2, -0.15) is 0 Å². The maximum absolute atomic E-state index is 13.8. The van der Waals surface area contributed by atoms with Gasteiger partial charge in [0, 0.05) is 12.6 Å². The van der Waals surface area contributed by atoms with Crippen LogP contribution >= 0.6 is 0 Å². The highest BCUT2D eigenvalue weighted by molar-refractivity contribution is 5.94. The molecule has 0 N–H and O–H groups in total. The first-order chi connectivity index (χ1) is 10.2. The Morgan fingerprint density at radius 1 is 1.48 bits per heavy atom. The number of carbonyl (C=O) groups excluding carboxylic acids is 1. The molecule has 0 unspecified atom stereocenters. The molecule has 0 spiro atoms. The van der Waals surface area contributed by atoms with Gasteiger partial charge < -0.3 is 9.42 Å². The molecule has 0 radical (unpaired) electrons. The number of hydrogen-bond acceptors (Lipinski definition) is 3. The minimum Gasteiger partial charge on any atom is -0.359 e. The summed E-state index contributed by atoms with van der Waals surface area (Å²) in [6.07, 6.45) is 2.49. The van der Waals surface area contributed by atoms with Crippen molar-refractivity contribution in [3.05, 3.63) is 53.2 Å². The van der Waals surface area contributed by atoms with Crippen LogP contribution in [0.4, 0.5) is 4.39 Å². The van der Waals surface area contributed by atoms with Crippen LogP contribution in [0, 0.1) is 5.82 Å². The number of likely N-dealkylation sites (tertiary alicyclic amines) is 1. The minimum atomic E-state index is -0.486. The molecule has 1 aromatic carbocycles. The fourth-order valence-electron chi connectivity index (χ4n) is 2.75. The lowest BCUT2D eigenvalue weighted by atomic mass is 10.1. The van der Waals surface area contributed by atoms with Crippen LogP contribution in [0.15, 0.2) is 34.9 Å². The van der Waals surface area contributed by atoms with Gasteiger partial charge in [-0.1, -0.05) is 24.2 Å². The fraction of sp³-hybridized carbons (Fsp3) is 0.375. The largest absolute Gasteiger partial charge is 0.359 e. The molecule has 21 heavy (non-hydrogen) atoms. The molecule has 5 heteroatoms. The molecule has 1 atom stereocenters. The van der Waals surface area contributed by atoms with Crippen molar-refractivity contribution < 1.29 is 13.7 Å². The minimum absolute atomic E-state index is 0.111. The molecule has 0 bridgehead atoms. The van der Waals surface area contributed by atoms with Crippen LogP contribution in [-0.2, 0) is 6.42 Å². The first-order valence-corrected chi connectivity index (χ1v) is 7.21. The molecule has 1 fully saturated rings. The zero-order chi connectivity index (χ0) is 14.8. The second-order valence-electron chi connectivity index (χ2n) is 5.21. The second kappa shape index (κ2) is 5.68. The van der Waals surface area contributed by atoms with Crippen LogP contribution in [0.5, 0.6) is 0 Å². The number of halogens is 1. The van der Waals surface area contributed by atoms with E-state index in [2.05, 4.69) is 5.16 Å². The van der Waals surface area contributed by atoms with Gasteiger partial charge in [-0.15, -0.1) is 0 Å². The van der Waals surface area contributed by atoms with Gasteiger partial charge in [-0.25, -0.2) is 4.39 Å². The summed E-state index contributed by atoms with van der Waals surface area (Å²) in [6, 6.07) is 7.82. The Hall–Kier alpha value is -2.17. The van der Waals surface area contributed by atoms with Gasteiger partial charge >= 0.3 is 0 Å². The Bertz CT molecular complexity index is 653. The van der Waals surface area contributed by atoms with Gasteiger partial charge in [0.05, 0.1) is 17.3 Å². The molecule has 1 amide bonds. The van der Waals surface area contributed by atoms with E-state index >= 15 is 0 Å². The number of carbonyl (C=O) groups is 1. The highest BCUT2D eigenvalue weighted by atomic mass is 19.1. The fourth-order valence-corrected chi connectivity index (χ4v) is 2.75. The van der Waals surface area contributed by atoms with Crippen molar-refractivity contribution in [1.29, 1.82) is 0 Å². The molecular formula is C16H17FN2O2. The molecule has 0 aliphatic carbocycles. The van der Waals surface area contributed by atoms with E-state index in [0.29, 0.717) is 12.3 Å². The Morgan fingerprint density at radius 2 is 2.29 bits per heavy atom. The molecule has 1 saturated heterocycles. The molecule has 1 aliphatic heterocycles. The van der Waals surface area contributed by atoms with E-state index < -0.39 is 5.82 Å². The number of nitrogens with zero attached hydrogens (tertiary/aromatic N) is 2. The Kier molecular flexibility index (Phi) is 3.73. The first-order valence-electron chi connectivity index (χ1n) is 7.21. The lowest BCUT2D eigenvalue weighted by molar-refractivity contribution is 0.0710. The molecule has 2 aromatic rings. The van der Waals surface area contributed by atoms with E-state index in [1.165, 1.54) is 12.1 Å². The third kappa shape index (κ3) is 2.55. The number of aromatic nitrogens is 1. The van der Waals surface area contributed by atoms with Gasteiger partial charge in [0.1, 0.15) is 5.82 Å². The maximum atomic E-state index is 13.8. The summed E-state index contributed by atoms with van der Waals surface area (Å²) in [5.41, 5.74) is 0.981. The standard InChI is InChI=1S/C16H17FN2O2/c1-2-11-10-15(21-18-11)14-8-5-9-19(14)16(20)12-6-3-4-7-13(12)17/h3-4,6-7,10,14H,2,5,8-9H2,1H3/t14-/m1/s1. The Morgan fingerprint density at radius 3 is 3.00 bits per heavy atom. The van der Waals surface area contributed by atoms with E-state index in [-0.39, 0.29) is 17.5 Å². The van der Waals surface area contributed by atoms with Crippen molar-refractivity contribution in [3.8, 4) is 0 Å². The molecule has 0 saturated carbocycles. The van der Waals surface area contributed by atoms with Crippen molar-refractivity contribution in [2.75, 3.05) is 6.54 Å². The molecule has 1 aliphatic rings. The van der Waals surface area contributed by atoms with E-state index in [4.69, 9.17) is 4.52 Å². The lowest BCUT2D eigenvalue weighted by Crippen LogP contribution is -2.31. The molecular weight excluding hydrogens is 271 g/mol. The molecule has 110 valence electrons. The number of amides is 1. The summed E-state index contributed by atoms with van der Waals surface area (Å²) in [7, 11) is 0. The second-order valence-corrected chi connectivity index (χ2v) is 5.21. The predicted molar refractivity (Wildman–Crippen MR) is 75.3 cm³/mol. The molecule has 2 heterocycles. The monoisotopic (exact) mass is 288 g/mol. The van der Waals surface area contributed by atoms with Gasteiger partial charge in [-0.3, -0.25) is 4.79 Å². The maximum Gasteiger partial charge on any atom is 0.257 e. The van der Waals surface area contributed by atoms with Crippen LogP contribution in [0.3, 0.4) is 0 Å². The average Bonchev–Trinajstić information content (AvgIpc) is 3.15. The zero-order valence-corrected chi connectivity index (χ0v) is 11.9. The SMILES string of the molecule is CCc1cc([C@H]2CCCN2C(=O)c2ccccc2F)on1. The van der Waals surface area contributed by atoms with Crippen LogP contribution in [-0.4, -0.2) is 22.5 Å². The third-order valence-electron chi connectivity index (χ3n) is 3.89. The molecule has 4 nitrogen and oxygen atoms in total. The number of hydrogen-bond donors (Lipinski definition) is 0. The normalized spacial score (nSPS) is 18.2. The van der Waals surface area contributed by atoms with Gasteiger partial charge in [-0.05, 0) is 31.4 Å². The zero-order valence-electron chi connectivity index (χ0n) is 11.9. The summed E-state index contributed by atoms with van der Waals surface area (Å²) < 4.78 is 19.1. The Labute approximate surface area is 122 Å². The van der Waals surface area contributed by atoms with Crippen LogP contribution in [0.2, 0.25) is 0 Å². The quantitative estimate of drug-likeness (QED) is 0.870. The molecule has 1 aromatic heterocycles. The van der Waals surface area contributed by atoms with Crippen molar-refractivity contribution in [1.82, 2.24) is 10.1 Å². The van der Waals surface area contributed by atoms with Crippen molar-refractivity contribution in [2.24, 2.45) is 0 Å². The van der Waals surface area contributed by atoms with Crippen molar-refractivity contribution >= 4 is 5.91 Å². The summed E-state index contributed by atoms with van der Waals surface area (Å²) >= 11 is 0. The smallest absolute Gasteiger partial charge is 0.257 e. The first kappa shape index (κ1) is 13.8. The summed E-state index contributed by atoms with van der Waals surface area (Å²) in [5, 5.41) is 3.98. The number of benzene rings is 1. The average molecular weight is 288 g/mol. The van der Waals surface area contributed by atoms with E-state index in [9.17, 15) is 9.18 Å². The predicted octanol–water partition coefficient (Wildman–Crippen LogP) is 3.35. The Balaban J connectivity index is 1.87. The van der Waals surface area contributed by atoms with E-state index in [0.717, 1.165) is 25.0 Å². The van der Waals surface area contributed by atoms with Crippen LogP contribution in [0.25, 0.3) is 0 Å². The number of rotatable bonds is 3. The molecule has 3 rings (SSSR count). The van der Waals surface area contributed by atoms with Gasteiger partial charge in [0.2, 0.25) is 0 Å². The lowest BCUT2D eigenvalue weighted by Gasteiger charge is -2.22. The highest BCUT2D eigenvalue weighted by Gasteiger charge is 2.34. The summed E-state index contributed by atoms with van der Waals surface area (Å²) in [6.45, 7) is 2.61. The summed E-state index contributed by atoms with van der Waals surface area (Å²) in [4.78, 5) is 14.2. The van der Waals surface area contributed by atoms with E-state index in [1.807, 2.05) is 13.0 Å². The third-order valence-corrected chi connectivity index (χ3v) is 3.89. The topological polar surface area (TPSA) is 46.3 Å². The summed E-state index contributed by atoms with van der Waals surface area (Å²) in [5.74, 6) is -0.0842. The van der Waals surface area contributed by atoms with Crippen molar-refractivity contribution in [3.63, 3.8) is 0 Å². The number of aryl methyl sites for hydroxylation is 1. The van der Waals surface area contributed by atoms with E-state index in [1.54, 1.807) is 17.0 Å². The van der Waals surface area contributed by atoms with Crippen LogP contribution in [0.1, 0.15) is 47.6 Å². The van der Waals surface area contributed by atoms with Crippen LogP contribution < -0.4 is 0 Å². The highest BCUT2D eigenvalue weighted by Crippen LogP contribution is 2.33. The van der Waals surface area contributed by atoms with Gasteiger partial charge in [0.15, 0.2) is 5.76 Å². The van der Waals surface area contributed by atoms with Gasteiger partial charge in [0.25, 0.3) is 5.91 Å².